The number of fused-ring (bicyclic) bond motifs is 1. The van der Waals surface area contributed by atoms with E-state index in [-0.39, 0.29) is 18.0 Å². The van der Waals surface area contributed by atoms with E-state index >= 15 is 0 Å². The summed E-state index contributed by atoms with van der Waals surface area (Å²) < 4.78 is 1.38. The number of para-hydroxylation sites is 1. The van der Waals surface area contributed by atoms with Crippen molar-refractivity contribution in [3.8, 4) is 0 Å². The van der Waals surface area contributed by atoms with Crippen LogP contribution in [0.4, 0.5) is 11.8 Å². The van der Waals surface area contributed by atoms with Gasteiger partial charge in [-0.15, -0.1) is 0 Å². The van der Waals surface area contributed by atoms with Gasteiger partial charge in [0.2, 0.25) is 11.9 Å². The normalized spacial score (nSPS) is 14.2. The first-order valence-corrected chi connectivity index (χ1v) is 10.1. The predicted molar refractivity (Wildman–Crippen MR) is 116 cm³/mol. The highest BCUT2D eigenvalue weighted by molar-refractivity contribution is 5.79. The molecule has 0 saturated carbocycles. The summed E-state index contributed by atoms with van der Waals surface area (Å²) in [6.07, 6.45) is 1.45. The number of anilines is 2. The monoisotopic (exact) mass is 407 g/mol. The Kier molecular flexibility index (Phi) is 5.60. The van der Waals surface area contributed by atoms with Crippen LogP contribution in [0.1, 0.15) is 12.6 Å². The van der Waals surface area contributed by atoms with Gasteiger partial charge in [-0.25, -0.2) is 9.97 Å². The molecule has 156 valence electrons. The Balaban J connectivity index is 1.42. The largest absolute Gasteiger partial charge is 0.370 e. The van der Waals surface area contributed by atoms with Crippen LogP contribution in [-0.2, 0) is 11.3 Å². The Bertz CT molecular complexity index is 1120. The maximum atomic E-state index is 12.8. The first-order valence-electron chi connectivity index (χ1n) is 10.1. The molecule has 9 nitrogen and oxygen atoms in total. The molecule has 4 rings (SSSR count). The summed E-state index contributed by atoms with van der Waals surface area (Å²) in [7, 11) is 0. The van der Waals surface area contributed by atoms with E-state index in [1.54, 1.807) is 23.1 Å². The number of amides is 1. The molecule has 2 aromatic heterocycles. The quantitative estimate of drug-likeness (QED) is 0.680. The smallest absolute Gasteiger partial charge is 0.261 e. The van der Waals surface area contributed by atoms with Crippen molar-refractivity contribution >= 4 is 28.6 Å². The standard InChI is InChI=1S/C21H25N7O2/c1-3-22-18-12-15(2)24-21(25-18)27-10-8-26(9-11-27)19(29)13-28-14-23-17-7-5-4-6-16(17)20(28)30/h4-7,12,14H,3,8-11,13H2,1-2H3,(H,22,24,25). The second-order valence-corrected chi connectivity index (χ2v) is 7.29. The fourth-order valence-corrected chi connectivity index (χ4v) is 3.59. The van der Waals surface area contributed by atoms with E-state index in [4.69, 9.17) is 0 Å². The summed E-state index contributed by atoms with van der Waals surface area (Å²) >= 11 is 0. The average molecular weight is 407 g/mol. The van der Waals surface area contributed by atoms with Crippen LogP contribution in [0.5, 0.6) is 0 Å². The zero-order valence-corrected chi connectivity index (χ0v) is 17.2. The molecule has 0 spiro atoms. The summed E-state index contributed by atoms with van der Waals surface area (Å²) in [6, 6.07) is 9.07. The van der Waals surface area contributed by atoms with Crippen molar-refractivity contribution in [1.29, 1.82) is 0 Å². The lowest BCUT2D eigenvalue weighted by Crippen LogP contribution is -2.50. The molecule has 3 heterocycles. The van der Waals surface area contributed by atoms with Crippen LogP contribution in [-0.4, -0.2) is 63.0 Å². The van der Waals surface area contributed by atoms with Crippen molar-refractivity contribution in [2.75, 3.05) is 42.9 Å². The number of hydrogen-bond donors (Lipinski definition) is 1. The number of nitrogens with one attached hydrogen (secondary N) is 1. The fraction of sp³-hybridized carbons (Fsp3) is 0.381. The highest BCUT2D eigenvalue weighted by atomic mass is 16.2. The number of carbonyl (C=O) groups is 1. The Morgan fingerprint density at radius 3 is 2.67 bits per heavy atom. The van der Waals surface area contributed by atoms with Crippen LogP contribution in [0.25, 0.3) is 10.9 Å². The molecule has 1 aliphatic heterocycles. The van der Waals surface area contributed by atoms with E-state index in [1.165, 1.54) is 10.9 Å². The zero-order chi connectivity index (χ0) is 21.1. The number of piperazine rings is 1. The van der Waals surface area contributed by atoms with Gasteiger partial charge in [-0.2, -0.15) is 4.98 Å². The molecular weight excluding hydrogens is 382 g/mol. The molecule has 1 aromatic carbocycles. The Morgan fingerprint density at radius 1 is 1.13 bits per heavy atom. The minimum Gasteiger partial charge on any atom is -0.370 e. The zero-order valence-electron chi connectivity index (χ0n) is 17.2. The van der Waals surface area contributed by atoms with Gasteiger partial charge in [-0.3, -0.25) is 14.2 Å². The summed E-state index contributed by atoms with van der Waals surface area (Å²) in [6.45, 7) is 7.16. The first kappa shape index (κ1) is 19.8. The third kappa shape index (κ3) is 4.10. The average Bonchev–Trinajstić information content (AvgIpc) is 2.76. The van der Waals surface area contributed by atoms with Crippen LogP contribution >= 0.6 is 0 Å². The molecular formula is C21H25N7O2. The van der Waals surface area contributed by atoms with E-state index in [0.717, 1.165) is 18.1 Å². The molecule has 30 heavy (non-hydrogen) atoms. The molecule has 0 radical (unpaired) electrons. The summed E-state index contributed by atoms with van der Waals surface area (Å²) in [5.74, 6) is 1.39. The van der Waals surface area contributed by atoms with Gasteiger partial charge in [0.05, 0.1) is 17.2 Å². The minimum atomic E-state index is -0.197. The maximum Gasteiger partial charge on any atom is 0.261 e. The van der Waals surface area contributed by atoms with Crippen molar-refractivity contribution in [3.63, 3.8) is 0 Å². The van der Waals surface area contributed by atoms with Crippen molar-refractivity contribution in [3.05, 3.63) is 52.7 Å². The van der Waals surface area contributed by atoms with Gasteiger partial charge in [0.25, 0.3) is 5.56 Å². The second-order valence-electron chi connectivity index (χ2n) is 7.29. The van der Waals surface area contributed by atoms with E-state index in [0.29, 0.717) is 43.0 Å². The topological polar surface area (TPSA) is 96.3 Å². The number of aromatic nitrogens is 4. The summed E-state index contributed by atoms with van der Waals surface area (Å²) in [5.41, 5.74) is 1.34. The number of nitrogens with zero attached hydrogens (tertiary/aromatic N) is 6. The molecule has 0 aliphatic carbocycles. The molecule has 1 fully saturated rings. The van der Waals surface area contributed by atoms with Crippen molar-refractivity contribution < 1.29 is 4.79 Å². The second kappa shape index (κ2) is 8.48. The van der Waals surface area contributed by atoms with Crippen LogP contribution in [0.15, 0.2) is 41.5 Å². The molecule has 1 aliphatic rings. The van der Waals surface area contributed by atoms with E-state index < -0.39 is 0 Å². The Morgan fingerprint density at radius 2 is 1.90 bits per heavy atom. The number of aryl methyl sites for hydroxylation is 1. The number of benzene rings is 1. The van der Waals surface area contributed by atoms with E-state index in [9.17, 15) is 9.59 Å². The van der Waals surface area contributed by atoms with Gasteiger partial charge in [0, 0.05) is 44.5 Å². The number of hydrogen-bond acceptors (Lipinski definition) is 7. The van der Waals surface area contributed by atoms with Crippen LogP contribution in [0.3, 0.4) is 0 Å². The van der Waals surface area contributed by atoms with Crippen molar-refractivity contribution in [1.82, 2.24) is 24.4 Å². The van der Waals surface area contributed by atoms with Gasteiger partial charge >= 0.3 is 0 Å². The van der Waals surface area contributed by atoms with Gasteiger partial charge in [0.1, 0.15) is 12.4 Å². The first-order chi connectivity index (χ1) is 14.5. The maximum absolute atomic E-state index is 12.8. The molecule has 1 amide bonds. The molecule has 1 N–H and O–H groups in total. The van der Waals surface area contributed by atoms with E-state index in [2.05, 4.69) is 25.2 Å². The van der Waals surface area contributed by atoms with Crippen LogP contribution in [0, 0.1) is 6.92 Å². The lowest BCUT2D eigenvalue weighted by atomic mass is 10.2. The van der Waals surface area contributed by atoms with Gasteiger partial charge < -0.3 is 15.1 Å². The SMILES string of the molecule is CCNc1cc(C)nc(N2CCN(C(=O)Cn3cnc4ccccc4c3=O)CC2)n1. The fourth-order valence-electron chi connectivity index (χ4n) is 3.59. The van der Waals surface area contributed by atoms with Gasteiger partial charge in [-0.1, -0.05) is 12.1 Å². The highest BCUT2D eigenvalue weighted by Gasteiger charge is 2.23. The predicted octanol–water partition coefficient (Wildman–Crippen LogP) is 1.28. The number of carbonyl (C=O) groups excluding carboxylic acids is 1. The molecule has 3 aromatic rings. The molecule has 0 unspecified atom stereocenters. The molecule has 9 heteroatoms. The molecule has 0 bridgehead atoms. The van der Waals surface area contributed by atoms with Gasteiger partial charge in [-0.05, 0) is 26.0 Å². The third-order valence-electron chi connectivity index (χ3n) is 5.15. The van der Waals surface area contributed by atoms with Crippen LogP contribution in [0.2, 0.25) is 0 Å². The molecule has 0 atom stereocenters. The van der Waals surface area contributed by atoms with E-state index in [1.807, 2.05) is 26.0 Å². The minimum absolute atomic E-state index is 0.0117. The summed E-state index contributed by atoms with van der Waals surface area (Å²) in [4.78, 5) is 42.6. The Hall–Kier alpha value is -3.49. The highest BCUT2D eigenvalue weighted by Crippen LogP contribution is 2.16. The summed E-state index contributed by atoms with van der Waals surface area (Å²) in [5, 5.41) is 3.74. The Labute approximate surface area is 174 Å². The molecule has 1 saturated heterocycles. The lowest BCUT2D eigenvalue weighted by molar-refractivity contribution is -0.132. The number of rotatable bonds is 5. The van der Waals surface area contributed by atoms with Gasteiger partial charge in [0.15, 0.2) is 0 Å². The van der Waals surface area contributed by atoms with Crippen LogP contribution < -0.4 is 15.8 Å². The third-order valence-corrected chi connectivity index (χ3v) is 5.15. The van der Waals surface area contributed by atoms with Crippen molar-refractivity contribution in [2.45, 2.75) is 20.4 Å². The van der Waals surface area contributed by atoms with Crippen molar-refractivity contribution in [2.24, 2.45) is 0 Å². The lowest BCUT2D eigenvalue weighted by Gasteiger charge is -2.35.